The van der Waals surface area contributed by atoms with Crippen molar-refractivity contribution in [3.63, 3.8) is 0 Å². The van der Waals surface area contributed by atoms with Crippen molar-refractivity contribution in [1.29, 1.82) is 0 Å². The van der Waals surface area contributed by atoms with Crippen LogP contribution in [0.25, 0.3) is 0 Å². The van der Waals surface area contributed by atoms with E-state index in [1.165, 1.54) is 19.3 Å². The van der Waals surface area contributed by atoms with Crippen LogP contribution >= 0.6 is 22.6 Å². The van der Waals surface area contributed by atoms with E-state index in [4.69, 9.17) is 14.7 Å². The average molecular weight is 403 g/mol. The molecule has 4 nitrogen and oxygen atoms in total. The Hall–Kier alpha value is -0.430. The summed E-state index contributed by atoms with van der Waals surface area (Å²) in [6.45, 7) is 6.59. The molecular weight excluding hydrogens is 377 g/mol. The number of nitrogens with one attached hydrogen (secondary N) is 1. The molecule has 1 fully saturated rings. The second-order valence-electron chi connectivity index (χ2n) is 6.82. The molecule has 118 valence electrons. The third-order valence-corrected chi connectivity index (χ3v) is 5.28. The summed E-state index contributed by atoms with van der Waals surface area (Å²) in [7, 11) is 3.71. The van der Waals surface area contributed by atoms with Crippen LogP contribution in [0.5, 0.6) is 0 Å². The molecule has 2 rings (SSSR count). The zero-order valence-corrected chi connectivity index (χ0v) is 15.9. The van der Waals surface area contributed by atoms with E-state index in [1.807, 2.05) is 7.05 Å². The van der Waals surface area contributed by atoms with Crippen LogP contribution in [0.1, 0.15) is 64.4 Å². The highest BCUT2D eigenvalue weighted by atomic mass is 127. The molecule has 1 heterocycles. The van der Waals surface area contributed by atoms with Crippen molar-refractivity contribution in [2.75, 3.05) is 19.5 Å². The van der Waals surface area contributed by atoms with Crippen molar-refractivity contribution >= 4 is 28.4 Å². The molecule has 0 spiro atoms. The van der Waals surface area contributed by atoms with Gasteiger partial charge in [0.25, 0.3) is 0 Å². The van der Waals surface area contributed by atoms with E-state index < -0.39 is 0 Å². The van der Waals surface area contributed by atoms with Gasteiger partial charge in [0, 0.05) is 19.6 Å². The maximum absolute atomic E-state index is 5.92. The molecule has 21 heavy (non-hydrogen) atoms. The van der Waals surface area contributed by atoms with E-state index in [0.29, 0.717) is 0 Å². The zero-order valence-electron chi connectivity index (χ0n) is 13.7. The third-order valence-electron chi connectivity index (χ3n) is 4.26. The van der Waals surface area contributed by atoms with Crippen LogP contribution in [0.4, 0.5) is 5.82 Å². The molecule has 0 aromatic carbocycles. The normalized spacial score (nSPS) is 18.6. The molecule has 0 saturated heterocycles. The smallest absolute Gasteiger partial charge is 0.162 e. The van der Waals surface area contributed by atoms with E-state index in [0.717, 1.165) is 33.7 Å². The molecule has 0 aliphatic heterocycles. The molecule has 0 amide bonds. The molecule has 1 aliphatic rings. The van der Waals surface area contributed by atoms with Gasteiger partial charge in [0.05, 0.1) is 9.26 Å². The highest BCUT2D eigenvalue weighted by Crippen LogP contribution is 2.40. The van der Waals surface area contributed by atoms with E-state index >= 15 is 0 Å². The van der Waals surface area contributed by atoms with Crippen LogP contribution in [-0.4, -0.2) is 24.1 Å². The fourth-order valence-electron chi connectivity index (χ4n) is 2.96. The maximum atomic E-state index is 5.92. The van der Waals surface area contributed by atoms with Crippen LogP contribution in [0.2, 0.25) is 0 Å². The second kappa shape index (κ2) is 6.36. The van der Waals surface area contributed by atoms with Gasteiger partial charge in [-0.1, -0.05) is 40.0 Å². The first kappa shape index (κ1) is 16.9. The van der Waals surface area contributed by atoms with Crippen LogP contribution in [0, 0.1) is 3.57 Å². The van der Waals surface area contributed by atoms with Crippen LogP contribution in [0.15, 0.2) is 0 Å². The molecule has 1 N–H and O–H groups in total. The summed E-state index contributed by atoms with van der Waals surface area (Å²) >= 11 is 2.34. The van der Waals surface area contributed by atoms with Crippen molar-refractivity contribution in [2.45, 2.75) is 63.9 Å². The van der Waals surface area contributed by atoms with Gasteiger partial charge in [0.2, 0.25) is 0 Å². The summed E-state index contributed by atoms with van der Waals surface area (Å²) in [5.41, 5.74) is 0.775. The fourth-order valence-corrected chi connectivity index (χ4v) is 4.28. The predicted octanol–water partition coefficient (Wildman–Crippen LogP) is 4.23. The molecule has 1 aromatic heterocycles. The van der Waals surface area contributed by atoms with Gasteiger partial charge >= 0.3 is 0 Å². The lowest BCUT2D eigenvalue weighted by atomic mass is 9.83. The molecule has 0 radical (unpaired) electrons. The largest absolute Gasteiger partial charge is 0.372 e. The molecular formula is C16H26IN3O. The Kier molecular flexibility index (Phi) is 5.13. The van der Waals surface area contributed by atoms with E-state index in [-0.39, 0.29) is 11.0 Å². The van der Waals surface area contributed by atoms with Crippen LogP contribution in [0.3, 0.4) is 0 Å². The number of rotatable bonds is 3. The van der Waals surface area contributed by atoms with Gasteiger partial charge in [-0.3, -0.25) is 0 Å². The van der Waals surface area contributed by atoms with Crippen LogP contribution < -0.4 is 5.32 Å². The van der Waals surface area contributed by atoms with Gasteiger partial charge in [0.15, 0.2) is 5.82 Å². The number of aromatic nitrogens is 2. The Bertz CT molecular complexity index is 505. The number of nitrogens with zero attached hydrogens (tertiary/aromatic N) is 2. The predicted molar refractivity (Wildman–Crippen MR) is 94.8 cm³/mol. The SMILES string of the molecule is CNc1nc(C2(OC)CCCCC2)nc(C(C)(C)C)c1I. The molecule has 1 aliphatic carbocycles. The van der Waals surface area contributed by atoms with Crippen molar-refractivity contribution in [3.8, 4) is 0 Å². The third kappa shape index (κ3) is 3.33. The van der Waals surface area contributed by atoms with Crippen LogP contribution in [-0.2, 0) is 15.8 Å². The summed E-state index contributed by atoms with van der Waals surface area (Å²) in [5, 5.41) is 3.21. The number of anilines is 1. The van der Waals surface area contributed by atoms with Gasteiger partial charge in [-0.05, 0) is 35.4 Å². The minimum Gasteiger partial charge on any atom is -0.372 e. The first-order chi connectivity index (χ1) is 9.84. The molecule has 1 saturated carbocycles. The minimum absolute atomic E-state index is 0.0105. The Labute approximate surface area is 141 Å². The number of ether oxygens (including phenoxy) is 1. The summed E-state index contributed by atoms with van der Waals surface area (Å²) in [4.78, 5) is 9.71. The first-order valence-corrected chi connectivity index (χ1v) is 8.73. The summed E-state index contributed by atoms with van der Waals surface area (Å²) in [5.74, 6) is 1.76. The molecule has 0 unspecified atom stereocenters. The number of methoxy groups -OCH3 is 1. The van der Waals surface area contributed by atoms with Crippen molar-refractivity contribution in [3.05, 3.63) is 15.1 Å². The lowest BCUT2D eigenvalue weighted by Crippen LogP contribution is -2.35. The molecule has 1 aromatic rings. The van der Waals surface area contributed by atoms with Gasteiger partial charge in [-0.2, -0.15) is 0 Å². The van der Waals surface area contributed by atoms with E-state index in [1.54, 1.807) is 7.11 Å². The topological polar surface area (TPSA) is 47.0 Å². The molecule has 5 heteroatoms. The minimum atomic E-state index is -0.311. The van der Waals surface area contributed by atoms with Crippen molar-refractivity contribution in [1.82, 2.24) is 9.97 Å². The summed E-state index contributed by atoms with van der Waals surface area (Å²) < 4.78 is 7.02. The van der Waals surface area contributed by atoms with Gasteiger partial charge in [-0.25, -0.2) is 9.97 Å². The Morgan fingerprint density at radius 1 is 1.14 bits per heavy atom. The lowest BCUT2D eigenvalue weighted by molar-refractivity contribution is -0.0516. The quantitative estimate of drug-likeness (QED) is 0.768. The average Bonchev–Trinajstić information content (AvgIpc) is 2.47. The molecule has 0 bridgehead atoms. The standard InChI is InChI=1S/C16H26IN3O/c1-15(2,3)12-11(17)13(18-4)20-14(19-12)16(21-5)9-7-6-8-10-16/h6-10H2,1-5H3,(H,18,19,20). The zero-order chi connectivity index (χ0) is 15.7. The number of halogens is 1. The highest BCUT2D eigenvalue weighted by molar-refractivity contribution is 14.1. The Morgan fingerprint density at radius 3 is 2.24 bits per heavy atom. The summed E-state index contributed by atoms with van der Waals surface area (Å²) in [6, 6.07) is 0. The monoisotopic (exact) mass is 403 g/mol. The maximum Gasteiger partial charge on any atom is 0.162 e. The molecule has 0 atom stereocenters. The van der Waals surface area contributed by atoms with E-state index in [9.17, 15) is 0 Å². The lowest BCUT2D eigenvalue weighted by Gasteiger charge is -2.35. The van der Waals surface area contributed by atoms with Gasteiger partial charge in [0.1, 0.15) is 11.4 Å². The Balaban J connectivity index is 2.58. The second-order valence-corrected chi connectivity index (χ2v) is 7.90. The van der Waals surface area contributed by atoms with Gasteiger partial charge < -0.3 is 10.1 Å². The summed E-state index contributed by atoms with van der Waals surface area (Å²) in [6.07, 6.45) is 5.67. The number of hydrogen-bond donors (Lipinski definition) is 1. The number of hydrogen-bond acceptors (Lipinski definition) is 4. The highest BCUT2D eigenvalue weighted by Gasteiger charge is 2.38. The van der Waals surface area contributed by atoms with Crippen molar-refractivity contribution in [2.24, 2.45) is 0 Å². The first-order valence-electron chi connectivity index (χ1n) is 7.65. The van der Waals surface area contributed by atoms with Crippen molar-refractivity contribution < 1.29 is 4.74 Å². The fraction of sp³-hybridized carbons (Fsp3) is 0.750. The Morgan fingerprint density at radius 2 is 1.76 bits per heavy atom. The van der Waals surface area contributed by atoms with Gasteiger partial charge in [-0.15, -0.1) is 0 Å². The van der Waals surface area contributed by atoms with E-state index in [2.05, 4.69) is 48.7 Å².